The molecule has 0 saturated carbocycles. The van der Waals surface area contributed by atoms with Crippen LogP contribution in [0, 0.1) is 17.1 Å². The lowest BCUT2D eigenvalue weighted by molar-refractivity contribution is 1.30. The predicted octanol–water partition coefficient (Wildman–Crippen LogP) is 4.29. The van der Waals surface area contributed by atoms with Gasteiger partial charge in [-0.1, -0.05) is 12.1 Å². The number of benzene rings is 1. The number of nitrogens with zero attached hydrogens (tertiary/aromatic N) is 2. The van der Waals surface area contributed by atoms with E-state index in [9.17, 15) is 0 Å². The number of aryl methyl sites for hydroxylation is 1. The van der Waals surface area contributed by atoms with Crippen LogP contribution in [0.2, 0.25) is 0 Å². The fourth-order valence-electron chi connectivity index (χ4n) is 1.39. The Bertz CT molecular complexity index is 570. The van der Waals surface area contributed by atoms with Gasteiger partial charge in [-0.25, -0.2) is 4.85 Å². The third-order valence-corrected chi connectivity index (χ3v) is 3.01. The van der Waals surface area contributed by atoms with Crippen molar-refractivity contribution in [3.63, 3.8) is 0 Å². The first-order valence-corrected chi connectivity index (χ1v) is 6.13. The minimum Gasteiger partial charge on any atom is -0.340 e. The number of nitrogens with one attached hydrogen (secondary N) is 1. The van der Waals surface area contributed by atoms with Gasteiger partial charge in [0.2, 0.25) is 5.69 Å². The molecule has 1 heterocycles. The largest absolute Gasteiger partial charge is 0.340 e. The standard InChI is InChI=1S/C13H10IN3/c1-9-3-4-10(14)7-12(9)17-13-6-5-11(15-2)8-16-13/h3-8H,1H3,(H,16,17). The van der Waals surface area contributed by atoms with Crippen LogP contribution < -0.4 is 5.32 Å². The highest BCUT2D eigenvalue weighted by atomic mass is 127. The van der Waals surface area contributed by atoms with Crippen molar-refractivity contribution in [3.8, 4) is 0 Å². The molecular formula is C13H10IN3. The highest BCUT2D eigenvalue weighted by Gasteiger charge is 2.01. The van der Waals surface area contributed by atoms with E-state index in [1.807, 2.05) is 13.0 Å². The van der Waals surface area contributed by atoms with Gasteiger partial charge in [-0.15, -0.1) is 0 Å². The molecule has 0 atom stereocenters. The SMILES string of the molecule is [C-]#[N+]c1ccc(Nc2cc(I)ccc2C)nc1. The Kier molecular flexibility index (Phi) is 3.59. The molecule has 1 aromatic carbocycles. The molecule has 0 spiro atoms. The molecular weight excluding hydrogens is 325 g/mol. The summed E-state index contributed by atoms with van der Waals surface area (Å²) in [6.45, 7) is 8.91. The molecule has 0 saturated heterocycles. The third kappa shape index (κ3) is 2.94. The number of hydrogen-bond acceptors (Lipinski definition) is 2. The monoisotopic (exact) mass is 335 g/mol. The Morgan fingerprint density at radius 2 is 2.12 bits per heavy atom. The lowest BCUT2D eigenvalue weighted by Crippen LogP contribution is -1.95. The van der Waals surface area contributed by atoms with Crippen LogP contribution in [0.15, 0.2) is 36.5 Å². The van der Waals surface area contributed by atoms with Crippen molar-refractivity contribution in [2.45, 2.75) is 6.92 Å². The maximum absolute atomic E-state index is 6.86. The van der Waals surface area contributed by atoms with E-state index in [2.05, 4.69) is 55.9 Å². The molecule has 4 heteroatoms. The Hall–Kier alpha value is -1.61. The number of hydrogen-bond donors (Lipinski definition) is 1. The van der Waals surface area contributed by atoms with Crippen LogP contribution in [0.3, 0.4) is 0 Å². The van der Waals surface area contributed by atoms with Gasteiger partial charge in [-0.3, -0.25) is 4.98 Å². The second-order valence-electron chi connectivity index (χ2n) is 3.60. The molecule has 2 rings (SSSR count). The maximum atomic E-state index is 6.86. The van der Waals surface area contributed by atoms with Gasteiger partial charge >= 0.3 is 0 Å². The first-order valence-electron chi connectivity index (χ1n) is 5.06. The number of halogens is 1. The van der Waals surface area contributed by atoms with E-state index >= 15 is 0 Å². The van der Waals surface area contributed by atoms with Gasteiger partial charge in [0, 0.05) is 15.5 Å². The minimum atomic E-state index is 0.551. The zero-order valence-electron chi connectivity index (χ0n) is 9.24. The topological polar surface area (TPSA) is 29.3 Å². The van der Waals surface area contributed by atoms with Crippen molar-refractivity contribution < 1.29 is 0 Å². The predicted molar refractivity (Wildman–Crippen MR) is 77.7 cm³/mol. The molecule has 0 radical (unpaired) electrons. The van der Waals surface area contributed by atoms with E-state index < -0.39 is 0 Å². The van der Waals surface area contributed by atoms with Gasteiger partial charge in [0.1, 0.15) is 5.82 Å². The molecule has 0 unspecified atom stereocenters. The lowest BCUT2D eigenvalue weighted by atomic mass is 10.2. The Labute approximate surface area is 114 Å². The molecule has 1 N–H and O–H groups in total. The summed E-state index contributed by atoms with van der Waals surface area (Å²) in [6.07, 6.45) is 1.57. The second-order valence-corrected chi connectivity index (χ2v) is 4.84. The Morgan fingerprint density at radius 3 is 2.76 bits per heavy atom. The van der Waals surface area contributed by atoms with Gasteiger partial charge < -0.3 is 5.32 Å². The average molecular weight is 335 g/mol. The van der Waals surface area contributed by atoms with Crippen LogP contribution in [0.5, 0.6) is 0 Å². The zero-order valence-corrected chi connectivity index (χ0v) is 11.4. The second kappa shape index (κ2) is 5.15. The average Bonchev–Trinajstić information content (AvgIpc) is 2.35. The molecule has 0 aliphatic rings. The van der Waals surface area contributed by atoms with Crippen molar-refractivity contribution in [3.05, 3.63) is 57.1 Å². The summed E-state index contributed by atoms with van der Waals surface area (Å²) < 4.78 is 1.17. The van der Waals surface area contributed by atoms with Crippen LogP contribution in [0.1, 0.15) is 5.56 Å². The number of rotatable bonds is 2. The van der Waals surface area contributed by atoms with Crippen LogP contribution in [0.25, 0.3) is 4.85 Å². The molecule has 0 amide bonds. The highest BCUT2D eigenvalue weighted by Crippen LogP contribution is 2.22. The fourth-order valence-corrected chi connectivity index (χ4v) is 1.88. The van der Waals surface area contributed by atoms with Crippen LogP contribution in [-0.2, 0) is 0 Å². The molecule has 3 nitrogen and oxygen atoms in total. The van der Waals surface area contributed by atoms with Gasteiger partial charge in [0.15, 0.2) is 0 Å². The first kappa shape index (κ1) is 11.9. The van der Waals surface area contributed by atoms with Crippen LogP contribution >= 0.6 is 22.6 Å². The molecule has 1 aromatic heterocycles. The van der Waals surface area contributed by atoms with E-state index in [0.29, 0.717) is 5.69 Å². The van der Waals surface area contributed by atoms with Crippen molar-refractivity contribution >= 4 is 39.8 Å². The highest BCUT2D eigenvalue weighted by molar-refractivity contribution is 14.1. The molecule has 0 bridgehead atoms. The van der Waals surface area contributed by atoms with Crippen LogP contribution in [-0.4, -0.2) is 4.98 Å². The summed E-state index contributed by atoms with van der Waals surface area (Å²) in [7, 11) is 0. The van der Waals surface area contributed by atoms with E-state index in [1.54, 1.807) is 12.3 Å². The van der Waals surface area contributed by atoms with Gasteiger partial charge in [-0.05, 0) is 53.3 Å². The number of aromatic nitrogens is 1. The van der Waals surface area contributed by atoms with Crippen molar-refractivity contribution in [2.24, 2.45) is 0 Å². The molecule has 0 fully saturated rings. The van der Waals surface area contributed by atoms with Crippen molar-refractivity contribution in [2.75, 3.05) is 5.32 Å². The summed E-state index contributed by atoms with van der Waals surface area (Å²) in [5, 5.41) is 3.25. The molecule has 17 heavy (non-hydrogen) atoms. The summed E-state index contributed by atoms with van der Waals surface area (Å²) >= 11 is 2.28. The minimum absolute atomic E-state index is 0.551. The van der Waals surface area contributed by atoms with E-state index in [1.165, 1.54) is 9.13 Å². The molecule has 0 aliphatic carbocycles. The quantitative estimate of drug-likeness (QED) is 0.655. The van der Waals surface area contributed by atoms with Gasteiger partial charge in [0.05, 0.1) is 6.57 Å². The van der Waals surface area contributed by atoms with Gasteiger partial charge in [-0.2, -0.15) is 0 Å². The lowest BCUT2D eigenvalue weighted by Gasteiger charge is -2.09. The summed E-state index contributed by atoms with van der Waals surface area (Å²) in [5.41, 5.74) is 2.76. The maximum Gasteiger partial charge on any atom is 0.205 e. The van der Waals surface area contributed by atoms with E-state index in [0.717, 1.165) is 11.5 Å². The molecule has 2 aromatic rings. The van der Waals surface area contributed by atoms with Crippen LogP contribution in [0.4, 0.5) is 17.2 Å². The smallest absolute Gasteiger partial charge is 0.205 e. The van der Waals surface area contributed by atoms with E-state index in [4.69, 9.17) is 6.57 Å². The summed E-state index contributed by atoms with van der Waals surface area (Å²) in [4.78, 5) is 7.50. The molecule has 84 valence electrons. The third-order valence-electron chi connectivity index (χ3n) is 2.34. The first-order chi connectivity index (χ1) is 8.19. The number of anilines is 2. The fraction of sp³-hybridized carbons (Fsp3) is 0.0769. The van der Waals surface area contributed by atoms with Crippen molar-refractivity contribution in [1.82, 2.24) is 4.98 Å². The van der Waals surface area contributed by atoms with E-state index in [-0.39, 0.29) is 0 Å². The molecule has 0 aliphatic heterocycles. The number of pyridine rings is 1. The Balaban J connectivity index is 2.25. The normalized spacial score (nSPS) is 9.71. The zero-order chi connectivity index (χ0) is 12.3. The van der Waals surface area contributed by atoms with Gasteiger partial charge in [0.25, 0.3) is 0 Å². The summed E-state index contributed by atoms with van der Waals surface area (Å²) in [5.74, 6) is 0.752. The summed E-state index contributed by atoms with van der Waals surface area (Å²) in [6, 6.07) is 9.77. The van der Waals surface area contributed by atoms with Crippen molar-refractivity contribution in [1.29, 1.82) is 0 Å². The Morgan fingerprint density at radius 1 is 1.29 bits per heavy atom.